The Balaban J connectivity index is 1.59. The Bertz CT molecular complexity index is 950. The van der Waals surface area contributed by atoms with Gasteiger partial charge >= 0.3 is 0 Å². The lowest BCUT2D eigenvalue weighted by molar-refractivity contribution is 0.115. The normalized spacial score (nSPS) is 18.9. The zero-order valence-corrected chi connectivity index (χ0v) is 16.5. The highest BCUT2D eigenvalue weighted by Crippen LogP contribution is 2.41. The highest BCUT2D eigenvalue weighted by atomic mass is 32.1. The zero-order chi connectivity index (χ0) is 18.2. The van der Waals surface area contributed by atoms with E-state index in [9.17, 15) is 0 Å². The monoisotopic (exact) mass is 380 g/mol. The van der Waals surface area contributed by atoms with Crippen molar-refractivity contribution in [2.75, 3.05) is 18.1 Å². The fourth-order valence-corrected chi connectivity index (χ4v) is 5.58. The summed E-state index contributed by atoms with van der Waals surface area (Å²) in [4.78, 5) is 19.0. The minimum atomic E-state index is 0.277. The lowest BCUT2D eigenvalue weighted by Gasteiger charge is -2.27. The third-order valence-electron chi connectivity index (χ3n) is 5.50. The molecular formula is C21H24N4OS. The molecular weight excluding hydrogens is 356 g/mol. The lowest BCUT2D eigenvalue weighted by atomic mass is 10.1. The van der Waals surface area contributed by atoms with Crippen LogP contribution in [0.4, 0.5) is 5.82 Å². The zero-order valence-electron chi connectivity index (χ0n) is 15.6. The van der Waals surface area contributed by atoms with Gasteiger partial charge in [0.05, 0.1) is 11.5 Å². The molecule has 0 saturated carbocycles. The van der Waals surface area contributed by atoms with E-state index in [0.717, 1.165) is 55.4 Å². The molecule has 4 heterocycles. The van der Waals surface area contributed by atoms with Crippen LogP contribution in [0.3, 0.4) is 0 Å². The fraction of sp³-hybridized carbons (Fsp3) is 0.476. The van der Waals surface area contributed by atoms with Crippen LogP contribution in [0.5, 0.6) is 0 Å². The number of nitrogens with zero attached hydrogens (tertiary/aromatic N) is 4. The van der Waals surface area contributed by atoms with Crippen molar-refractivity contribution in [3.05, 3.63) is 46.4 Å². The molecule has 1 atom stereocenters. The van der Waals surface area contributed by atoms with Crippen molar-refractivity contribution in [3.8, 4) is 0 Å². The van der Waals surface area contributed by atoms with Crippen LogP contribution < -0.4 is 4.90 Å². The summed E-state index contributed by atoms with van der Waals surface area (Å²) in [6, 6.07) is 4.14. The first-order chi connectivity index (χ1) is 13.3. The molecule has 3 aromatic heterocycles. The summed E-state index contributed by atoms with van der Waals surface area (Å²) in [6.07, 6.45) is 9.91. The second-order valence-corrected chi connectivity index (χ2v) is 8.59. The fourth-order valence-electron chi connectivity index (χ4n) is 4.28. The molecule has 0 bridgehead atoms. The SMILES string of the molecule is Cc1nc(N(Cc2cccnc2)CC2CCCO2)c2c3c(sc2n1)CCC3. The number of anilines is 1. The van der Waals surface area contributed by atoms with Gasteiger partial charge in [0.1, 0.15) is 16.5 Å². The van der Waals surface area contributed by atoms with Crippen molar-refractivity contribution < 1.29 is 4.74 Å². The van der Waals surface area contributed by atoms with E-state index in [4.69, 9.17) is 14.7 Å². The van der Waals surface area contributed by atoms with Gasteiger partial charge in [-0.15, -0.1) is 11.3 Å². The van der Waals surface area contributed by atoms with Gasteiger partial charge in [-0.2, -0.15) is 0 Å². The summed E-state index contributed by atoms with van der Waals surface area (Å²) in [5, 5.41) is 1.28. The van der Waals surface area contributed by atoms with Gasteiger partial charge < -0.3 is 9.64 Å². The molecule has 27 heavy (non-hydrogen) atoms. The third kappa shape index (κ3) is 3.32. The van der Waals surface area contributed by atoms with Crippen LogP contribution in [0.1, 0.15) is 41.1 Å². The van der Waals surface area contributed by atoms with E-state index >= 15 is 0 Å². The Morgan fingerprint density at radius 1 is 1.26 bits per heavy atom. The van der Waals surface area contributed by atoms with E-state index in [1.807, 2.05) is 36.7 Å². The molecule has 0 radical (unpaired) electrons. The molecule has 1 aliphatic carbocycles. The molecule has 140 valence electrons. The summed E-state index contributed by atoms with van der Waals surface area (Å²) >= 11 is 1.86. The third-order valence-corrected chi connectivity index (χ3v) is 6.69. The minimum absolute atomic E-state index is 0.277. The van der Waals surface area contributed by atoms with Gasteiger partial charge in [0.15, 0.2) is 0 Å². The molecule has 0 N–H and O–H groups in total. The molecule has 1 saturated heterocycles. The standard InChI is InChI=1S/C21H24N4OS/c1-14-23-20(19-17-7-2-8-18(17)27-21(19)24-14)25(13-16-6-4-10-26-16)12-15-5-3-9-22-11-15/h3,5,9,11,16H,2,4,6-8,10,12-13H2,1H3. The van der Waals surface area contributed by atoms with Crippen LogP contribution in [0, 0.1) is 6.92 Å². The molecule has 3 aromatic rings. The number of hydrogen-bond donors (Lipinski definition) is 0. The van der Waals surface area contributed by atoms with E-state index in [2.05, 4.69) is 16.0 Å². The minimum Gasteiger partial charge on any atom is -0.376 e. The van der Waals surface area contributed by atoms with E-state index < -0.39 is 0 Å². The molecule has 5 nitrogen and oxygen atoms in total. The van der Waals surface area contributed by atoms with Crippen molar-refractivity contribution in [3.63, 3.8) is 0 Å². The summed E-state index contributed by atoms with van der Waals surface area (Å²) in [5.41, 5.74) is 2.68. The molecule has 2 aliphatic rings. The Hall–Kier alpha value is -2.05. The smallest absolute Gasteiger partial charge is 0.141 e. The van der Waals surface area contributed by atoms with E-state index in [0.29, 0.717) is 0 Å². The van der Waals surface area contributed by atoms with Gasteiger partial charge in [-0.1, -0.05) is 6.07 Å². The first kappa shape index (κ1) is 17.1. The molecule has 0 spiro atoms. The second kappa shape index (κ2) is 7.17. The lowest BCUT2D eigenvalue weighted by Crippen LogP contribution is -2.33. The maximum Gasteiger partial charge on any atom is 0.141 e. The molecule has 1 fully saturated rings. The van der Waals surface area contributed by atoms with Gasteiger partial charge in [-0.05, 0) is 56.2 Å². The number of ether oxygens (including phenoxy) is 1. The molecule has 5 rings (SSSR count). The summed E-state index contributed by atoms with van der Waals surface area (Å²) in [7, 11) is 0. The van der Waals surface area contributed by atoms with Gasteiger partial charge in [0.2, 0.25) is 0 Å². The number of aryl methyl sites for hydroxylation is 3. The number of thiophene rings is 1. The van der Waals surface area contributed by atoms with Crippen LogP contribution in [0.2, 0.25) is 0 Å². The summed E-state index contributed by atoms with van der Waals surface area (Å²) in [6.45, 7) is 4.54. The van der Waals surface area contributed by atoms with Crippen molar-refractivity contribution >= 4 is 27.4 Å². The predicted molar refractivity (Wildman–Crippen MR) is 108 cm³/mol. The Labute approximate surface area is 163 Å². The van der Waals surface area contributed by atoms with Gasteiger partial charge in [-0.25, -0.2) is 9.97 Å². The second-order valence-electron chi connectivity index (χ2n) is 7.51. The van der Waals surface area contributed by atoms with Crippen LogP contribution in [0.15, 0.2) is 24.5 Å². The first-order valence-corrected chi connectivity index (χ1v) is 10.6. The molecule has 1 unspecified atom stereocenters. The number of rotatable bonds is 5. The quantitative estimate of drug-likeness (QED) is 0.668. The maximum atomic E-state index is 5.96. The van der Waals surface area contributed by atoms with Crippen LogP contribution in [0.25, 0.3) is 10.2 Å². The highest BCUT2D eigenvalue weighted by Gasteiger charge is 2.27. The Kier molecular flexibility index (Phi) is 4.53. The van der Waals surface area contributed by atoms with E-state index in [1.165, 1.54) is 34.2 Å². The number of aromatic nitrogens is 3. The average molecular weight is 381 g/mol. The Morgan fingerprint density at radius 2 is 2.22 bits per heavy atom. The van der Waals surface area contributed by atoms with Crippen molar-refractivity contribution in [1.82, 2.24) is 15.0 Å². The molecule has 0 amide bonds. The van der Waals surface area contributed by atoms with Crippen LogP contribution in [-0.4, -0.2) is 34.2 Å². The highest BCUT2D eigenvalue weighted by molar-refractivity contribution is 7.19. The van der Waals surface area contributed by atoms with Gasteiger partial charge in [0, 0.05) is 37.0 Å². The maximum absolute atomic E-state index is 5.96. The largest absolute Gasteiger partial charge is 0.376 e. The summed E-state index contributed by atoms with van der Waals surface area (Å²) < 4.78 is 5.96. The molecule has 6 heteroatoms. The number of pyridine rings is 1. The number of hydrogen-bond acceptors (Lipinski definition) is 6. The van der Waals surface area contributed by atoms with Crippen molar-refractivity contribution in [2.24, 2.45) is 0 Å². The van der Waals surface area contributed by atoms with Crippen LogP contribution >= 0.6 is 11.3 Å². The molecule has 0 aromatic carbocycles. The predicted octanol–water partition coefficient (Wildman–Crippen LogP) is 4.07. The van der Waals surface area contributed by atoms with Crippen LogP contribution in [-0.2, 0) is 24.1 Å². The first-order valence-electron chi connectivity index (χ1n) is 9.82. The topological polar surface area (TPSA) is 51.1 Å². The molecule has 1 aliphatic heterocycles. The van der Waals surface area contributed by atoms with Gasteiger partial charge in [-0.3, -0.25) is 4.98 Å². The van der Waals surface area contributed by atoms with E-state index in [1.54, 1.807) is 0 Å². The van der Waals surface area contributed by atoms with E-state index in [-0.39, 0.29) is 6.10 Å². The van der Waals surface area contributed by atoms with Crippen molar-refractivity contribution in [1.29, 1.82) is 0 Å². The average Bonchev–Trinajstić information content (AvgIpc) is 3.38. The Morgan fingerprint density at radius 3 is 3.04 bits per heavy atom. The van der Waals surface area contributed by atoms with Gasteiger partial charge in [0.25, 0.3) is 0 Å². The number of fused-ring (bicyclic) bond motifs is 3. The summed E-state index contributed by atoms with van der Waals surface area (Å²) in [5.74, 6) is 1.93. The van der Waals surface area contributed by atoms with Crippen molar-refractivity contribution in [2.45, 2.75) is 51.7 Å².